The fraction of sp³-hybridized carbons (Fsp3) is 0.273. The van der Waals surface area contributed by atoms with Crippen LogP contribution in [0, 0.1) is 11.3 Å². The van der Waals surface area contributed by atoms with Gasteiger partial charge in [-0.25, -0.2) is 15.0 Å². The summed E-state index contributed by atoms with van der Waals surface area (Å²) in [7, 11) is 1.71. The second-order valence-electron chi connectivity index (χ2n) is 7.78. The lowest BCUT2D eigenvalue weighted by Gasteiger charge is -2.35. The molecule has 2 aliphatic rings. The Morgan fingerprint density at radius 2 is 2.03 bits per heavy atom. The average Bonchev–Trinajstić information content (AvgIpc) is 3.42. The van der Waals surface area contributed by atoms with E-state index in [1.165, 1.54) is 17.0 Å². The number of nitrogens with zero attached hydrogens (tertiary/aromatic N) is 7. The minimum atomic E-state index is -0.164. The standard InChI is InChI=1S/C22H19N7O2/c1-27-20(30)9-19(18-5-6-24-13-25-18)26-22(27)29-12-16-8-17(29)11-28(16)21(31)15-4-2-3-14(7-15)10-23/h2-7,9,13,16-17H,8,11-12H2,1H3/t16?,17-/m0/s1. The van der Waals surface area contributed by atoms with Gasteiger partial charge in [0.25, 0.3) is 11.5 Å². The molecule has 9 nitrogen and oxygen atoms in total. The Morgan fingerprint density at radius 1 is 1.16 bits per heavy atom. The molecule has 3 aromatic rings. The van der Waals surface area contributed by atoms with Gasteiger partial charge in [-0.1, -0.05) is 6.07 Å². The normalized spacial score (nSPS) is 19.5. The number of hydrogen-bond acceptors (Lipinski definition) is 7. The maximum Gasteiger partial charge on any atom is 0.255 e. The van der Waals surface area contributed by atoms with E-state index < -0.39 is 0 Å². The van der Waals surface area contributed by atoms with Crippen LogP contribution in [0.25, 0.3) is 11.4 Å². The minimum absolute atomic E-state index is 0.0304. The van der Waals surface area contributed by atoms with Gasteiger partial charge in [0.15, 0.2) is 0 Å². The fourth-order valence-corrected chi connectivity index (χ4v) is 4.41. The smallest absolute Gasteiger partial charge is 0.255 e. The second kappa shape index (κ2) is 7.32. The Kier molecular flexibility index (Phi) is 4.47. The molecule has 0 aliphatic carbocycles. The predicted molar refractivity (Wildman–Crippen MR) is 112 cm³/mol. The van der Waals surface area contributed by atoms with Crippen LogP contribution in [0.15, 0.2) is 53.7 Å². The number of piperazine rings is 1. The van der Waals surface area contributed by atoms with Gasteiger partial charge in [-0.3, -0.25) is 14.2 Å². The monoisotopic (exact) mass is 413 g/mol. The molecule has 2 saturated heterocycles. The zero-order valence-corrected chi connectivity index (χ0v) is 16.8. The summed E-state index contributed by atoms with van der Waals surface area (Å²) in [6.07, 6.45) is 3.86. The molecule has 5 rings (SSSR count). The van der Waals surface area contributed by atoms with Gasteiger partial charge in [-0.2, -0.15) is 5.26 Å². The summed E-state index contributed by atoms with van der Waals surface area (Å²) in [5.74, 6) is 0.507. The Balaban J connectivity index is 1.41. The summed E-state index contributed by atoms with van der Waals surface area (Å²) in [6.45, 7) is 1.15. The van der Waals surface area contributed by atoms with Crippen LogP contribution in [0.3, 0.4) is 0 Å². The van der Waals surface area contributed by atoms with Crippen molar-refractivity contribution in [3.05, 3.63) is 70.4 Å². The molecule has 2 bridgehead atoms. The van der Waals surface area contributed by atoms with E-state index in [9.17, 15) is 9.59 Å². The largest absolute Gasteiger partial charge is 0.335 e. The van der Waals surface area contributed by atoms with E-state index in [-0.39, 0.29) is 23.6 Å². The minimum Gasteiger partial charge on any atom is -0.335 e. The van der Waals surface area contributed by atoms with Crippen molar-refractivity contribution in [2.75, 3.05) is 18.0 Å². The highest BCUT2D eigenvalue weighted by atomic mass is 16.2. The number of benzene rings is 1. The molecule has 4 heterocycles. The van der Waals surface area contributed by atoms with Gasteiger partial charge in [0.05, 0.1) is 35.1 Å². The molecular weight excluding hydrogens is 394 g/mol. The molecule has 31 heavy (non-hydrogen) atoms. The molecular formula is C22H19N7O2. The second-order valence-corrected chi connectivity index (χ2v) is 7.78. The molecule has 1 unspecified atom stereocenters. The van der Waals surface area contributed by atoms with Crippen LogP contribution in [-0.2, 0) is 7.05 Å². The number of hydrogen-bond donors (Lipinski definition) is 0. The van der Waals surface area contributed by atoms with Crippen LogP contribution >= 0.6 is 0 Å². The van der Waals surface area contributed by atoms with E-state index in [1.807, 2.05) is 4.90 Å². The van der Waals surface area contributed by atoms with Crippen molar-refractivity contribution in [3.8, 4) is 17.5 Å². The van der Waals surface area contributed by atoms with Gasteiger partial charge in [-0.05, 0) is 30.7 Å². The van der Waals surface area contributed by atoms with Crippen LogP contribution in [0.1, 0.15) is 22.3 Å². The Hall–Kier alpha value is -4.06. The highest BCUT2D eigenvalue weighted by Crippen LogP contribution is 2.34. The quantitative estimate of drug-likeness (QED) is 0.635. The number of fused-ring (bicyclic) bond motifs is 2. The number of nitriles is 1. The zero-order valence-electron chi connectivity index (χ0n) is 16.8. The Morgan fingerprint density at radius 3 is 2.74 bits per heavy atom. The highest BCUT2D eigenvalue weighted by molar-refractivity contribution is 5.95. The number of aromatic nitrogens is 4. The van der Waals surface area contributed by atoms with E-state index in [0.717, 1.165) is 6.42 Å². The first-order valence-corrected chi connectivity index (χ1v) is 9.97. The summed E-state index contributed by atoms with van der Waals surface area (Å²) >= 11 is 0. The molecule has 0 saturated carbocycles. The number of amides is 1. The van der Waals surface area contributed by atoms with E-state index in [0.29, 0.717) is 41.6 Å². The van der Waals surface area contributed by atoms with Crippen LogP contribution in [0.4, 0.5) is 5.95 Å². The molecule has 1 aromatic carbocycles. The van der Waals surface area contributed by atoms with Gasteiger partial charge >= 0.3 is 0 Å². The summed E-state index contributed by atoms with van der Waals surface area (Å²) in [5.41, 5.74) is 1.92. The molecule has 2 fully saturated rings. The van der Waals surface area contributed by atoms with Crippen molar-refractivity contribution in [2.24, 2.45) is 7.05 Å². The number of carbonyl (C=O) groups is 1. The van der Waals surface area contributed by atoms with Crippen molar-refractivity contribution >= 4 is 11.9 Å². The third-order valence-corrected chi connectivity index (χ3v) is 5.95. The molecule has 154 valence electrons. The van der Waals surface area contributed by atoms with Gasteiger partial charge in [0.1, 0.15) is 6.33 Å². The molecule has 9 heteroatoms. The van der Waals surface area contributed by atoms with E-state index in [4.69, 9.17) is 10.2 Å². The summed E-state index contributed by atoms with van der Waals surface area (Å²) in [4.78, 5) is 42.4. The number of rotatable bonds is 3. The molecule has 0 N–H and O–H groups in total. The van der Waals surface area contributed by atoms with Crippen LogP contribution in [0.2, 0.25) is 0 Å². The average molecular weight is 413 g/mol. The van der Waals surface area contributed by atoms with Crippen LogP contribution in [0.5, 0.6) is 0 Å². The topological polar surface area (TPSA) is 108 Å². The first-order valence-electron chi connectivity index (χ1n) is 9.97. The maximum atomic E-state index is 13.0. The van der Waals surface area contributed by atoms with Crippen LogP contribution < -0.4 is 10.5 Å². The van der Waals surface area contributed by atoms with Crippen molar-refractivity contribution in [1.82, 2.24) is 24.4 Å². The maximum absolute atomic E-state index is 13.0. The van der Waals surface area contributed by atoms with Gasteiger partial charge in [0, 0.05) is 38.0 Å². The highest BCUT2D eigenvalue weighted by Gasteiger charge is 2.46. The number of carbonyl (C=O) groups excluding carboxylic acids is 1. The SMILES string of the molecule is Cn1c(N2CC3C[C@H]2CN3C(=O)c2cccc(C#N)c2)nc(-c2ccncn2)cc1=O. The summed E-state index contributed by atoms with van der Waals surface area (Å²) < 4.78 is 1.54. The third-order valence-electron chi connectivity index (χ3n) is 5.95. The lowest BCUT2D eigenvalue weighted by Crippen LogP contribution is -2.50. The summed E-state index contributed by atoms with van der Waals surface area (Å²) in [5, 5.41) is 9.10. The molecule has 0 spiro atoms. The molecule has 2 atom stereocenters. The van der Waals surface area contributed by atoms with Gasteiger partial charge in [0.2, 0.25) is 5.95 Å². The Bertz CT molecular complexity index is 1260. The fourth-order valence-electron chi connectivity index (χ4n) is 4.41. The van der Waals surface area contributed by atoms with E-state index in [2.05, 4.69) is 20.9 Å². The lowest BCUT2D eigenvalue weighted by molar-refractivity contribution is 0.0725. The van der Waals surface area contributed by atoms with Crippen molar-refractivity contribution in [2.45, 2.75) is 18.5 Å². The van der Waals surface area contributed by atoms with Crippen molar-refractivity contribution < 1.29 is 4.79 Å². The van der Waals surface area contributed by atoms with Gasteiger partial charge in [-0.15, -0.1) is 0 Å². The molecule has 2 aliphatic heterocycles. The molecule has 0 radical (unpaired) electrons. The molecule has 1 amide bonds. The first-order chi connectivity index (χ1) is 15.0. The molecule has 2 aromatic heterocycles. The summed E-state index contributed by atoms with van der Waals surface area (Å²) in [6, 6.07) is 12.2. The Labute approximate surface area is 178 Å². The number of anilines is 1. The third kappa shape index (κ3) is 3.22. The lowest BCUT2D eigenvalue weighted by atomic mass is 10.1. The predicted octanol–water partition coefficient (Wildman–Crippen LogP) is 1.21. The van der Waals surface area contributed by atoms with Crippen LogP contribution in [-0.4, -0.2) is 55.5 Å². The first kappa shape index (κ1) is 18.9. The van der Waals surface area contributed by atoms with E-state index >= 15 is 0 Å². The van der Waals surface area contributed by atoms with Gasteiger partial charge < -0.3 is 9.80 Å². The van der Waals surface area contributed by atoms with Crippen molar-refractivity contribution in [1.29, 1.82) is 5.26 Å². The van der Waals surface area contributed by atoms with E-state index in [1.54, 1.807) is 43.6 Å². The number of likely N-dealkylation sites (tertiary alicyclic amines) is 1. The van der Waals surface area contributed by atoms with Crippen molar-refractivity contribution in [3.63, 3.8) is 0 Å². The zero-order chi connectivity index (χ0) is 21.5.